The molecule has 2 fully saturated rings. The highest BCUT2D eigenvalue weighted by Gasteiger charge is 2.63. The van der Waals surface area contributed by atoms with E-state index in [-0.39, 0.29) is 19.6 Å². The fourth-order valence-electron chi connectivity index (χ4n) is 2.98. The van der Waals surface area contributed by atoms with E-state index in [1.807, 2.05) is 0 Å². The molecule has 0 amide bonds. The van der Waals surface area contributed by atoms with Crippen molar-refractivity contribution in [1.29, 1.82) is 0 Å². The van der Waals surface area contributed by atoms with Gasteiger partial charge in [0.1, 0.15) is 6.10 Å². The molecule has 0 spiro atoms. The van der Waals surface area contributed by atoms with Gasteiger partial charge in [0.05, 0.1) is 13.2 Å². The molecule has 0 aromatic rings. The molecule has 134 valence electrons. The standard InChI is InChI=1S/C17H24O7/c1-6-8-17(20-9-7-2)14(22-11(3)18)13(23-15(17)19)12-10-21-16(4,5)24-12/h6-7,12-14H,1-2,8-10H2,3-5H3/t12-,13+,14-,17-/m0/s1. The maximum atomic E-state index is 12.6. The van der Waals surface area contributed by atoms with Gasteiger partial charge >= 0.3 is 11.9 Å². The molecule has 0 aromatic carbocycles. The fourth-order valence-corrected chi connectivity index (χ4v) is 2.98. The van der Waals surface area contributed by atoms with Gasteiger partial charge in [-0.1, -0.05) is 12.2 Å². The SMILES string of the molecule is C=CCO[C@]1(CC=C)C(=O)O[C@H]([C@@H]2COC(C)(C)O2)[C@@H]1OC(C)=O. The molecular weight excluding hydrogens is 316 g/mol. The number of esters is 2. The average Bonchev–Trinajstić information content (AvgIpc) is 2.97. The second-order valence-corrected chi connectivity index (χ2v) is 6.25. The minimum absolute atomic E-state index is 0.0982. The lowest BCUT2D eigenvalue weighted by Crippen LogP contribution is -2.53. The molecule has 4 atom stereocenters. The van der Waals surface area contributed by atoms with Crippen molar-refractivity contribution >= 4 is 11.9 Å². The van der Waals surface area contributed by atoms with Crippen LogP contribution in [0.1, 0.15) is 27.2 Å². The highest BCUT2D eigenvalue weighted by Crippen LogP contribution is 2.40. The summed E-state index contributed by atoms with van der Waals surface area (Å²) in [6.45, 7) is 12.3. The molecule has 2 aliphatic heterocycles. The molecule has 0 aromatic heterocycles. The Hall–Kier alpha value is -1.70. The molecule has 7 nitrogen and oxygen atoms in total. The first-order valence-electron chi connectivity index (χ1n) is 7.81. The van der Waals surface area contributed by atoms with Gasteiger partial charge in [0.2, 0.25) is 5.60 Å². The van der Waals surface area contributed by atoms with E-state index in [1.54, 1.807) is 13.8 Å². The van der Waals surface area contributed by atoms with Crippen LogP contribution in [0.2, 0.25) is 0 Å². The van der Waals surface area contributed by atoms with Crippen LogP contribution in [0.15, 0.2) is 25.3 Å². The lowest BCUT2D eigenvalue weighted by Gasteiger charge is -2.32. The van der Waals surface area contributed by atoms with E-state index in [0.29, 0.717) is 0 Å². The van der Waals surface area contributed by atoms with Crippen molar-refractivity contribution in [2.24, 2.45) is 0 Å². The van der Waals surface area contributed by atoms with Crippen molar-refractivity contribution in [3.8, 4) is 0 Å². The van der Waals surface area contributed by atoms with Crippen molar-refractivity contribution in [1.82, 2.24) is 0 Å². The number of cyclic esters (lactones) is 1. The van der Waals surface area contributed by atoms with Gasteiger partial charge in [-0.3, -0.25) is 4.79 Å². The molecule has 2 heterocycles. The van der Waals surface area contributed by atoms with Crippen LogP contribution in [0.25, 0.3) is 0 Å². The molecule has 2 aliphatic rings. The topological polar surface area (TPSA) is 80.3 Å². The summed E-state index contributed by atoms with van der Waals surface area (Å²) in [5.41, 5.74) is -1.47. The van der Waals surface area contributed by atoms with Crippen LogP contribution in [0.5, 0.6) is 0 Å². The maximum Gasteiger partial charge on any atom is 0.343 e. The van der Waals surface area contributed by atoms with E-state index in [4.69, 9.17) is 23.7 Å². The lowest BCUT2D eigenvalue weighted by atomic mass is 9.89. The average molecular weight is 340 g/mol. The van der Waals surface area contributed by atoms with Crippen molar-refractivity contribution in [2.45, 2.75) is 56.9 Å². The van der Waals surface area contributed by atoms with Gasteiger partial charge in [-0.15, -0.1) is 13.2 Å². The Morgan fingerprint density at radius 3 is 2.58 bits per heavy atom. The minimum Gasteiger partial charge on any atom is -0.455 e. The number of hydrogen-bond acceptors (Lipinski definition) is 7. The van der Waals surface area contributed by atoms with Crippen LogP contribution in [-0.4, -0.2) is 54.9 Å². The van der Waals surface area contributed by atoms with E-state index in [0.717, 1.165) is 0 Å². The monoisotopic (exact) mass is 340 g/mol. The van der Waals surface area contributed by atoms with Crippen LogP contribution in [0, 0.1) is 0 Å². The van der Waals surface area contributed by atoms with Crippen LogP contribution in [0.3, 0.4) is 0 Å². The quantitative estimate of drug-likeness (QED) is 0.513. The number of hydrogen-bond donors (Lipinski definition) is 0. The summed E-state index contributed by atoms with van der Waals surface area (Å²) in [7, 11) is 0. The highest BCUT2D eigenvalue weighted by molar-refractivity contribution is 5.84. The maximum absolute atomic E-state index is 12.6. The molecule has 24 heavy (non-hydrogen) atoms. The molecule has 0 N–H and O–H groups in total. The first-order valence-corrected chi connectivity index (χ1v) is 7.81. The summed E-state index contributed by atoms with van der Waals surface area (Å²) in [5, 5.41) is 0. The zero-order chi connectivity index (χ0) is 18.0. The molecule has 0 unspecified atom stereocenters. The van der Waals surface area contributed by atoms with E-state index < -0.39 is 41.6 Å². The van der Waals surface area contributed by atoms with Gasteiger partial charge in [-0.2, -0.15) is 0 Å². The van der Waals surface area contributed by atoms with Crippen LogP contribution in [-0.2, 0) is 33.3 Å². The molecular formula is C17H24O7. The van der Waals surface area contributed by atoms with Crippen molar-refractivity contribution in [3.63, 3.8) is 0 Å². The first-order chi connectivity index (χ1) is 11.3. The summed E-state index contributed by atoms with van der Waals surface area (Å²) in [5.74, 6) is -1.96. The van der Waals surface area contributed by atoms with Gasteiger partial charge in [-0.05, 0) is 13.8 Å². The Labute approximate surface area is 141 Å². The summed E-state index contributed by atoms with van der Waals surface area (Å²) in [6, 6.07) is 0. The van der Waals surface area contributed by atoms with Crippen LogP contribution >= 0.6 is 0 Å². The van der Waals surface area contributed by atoms with Gasteiger partial charge in [0.25, 0.3) is 0 Å². The Balaban J connectivity index is 2.34. The highest BCUT2D eigenvalue weighted by atomic mass is 16.8. The molecule has 0 radical (unpaired) electrons. The normalized spacial score (nSPS) is 34.6. The van der Waals surface area contributed by atoms with Crippen LogP contribution in [0.4, 0.5) is 0 Å². The third-order valence-electron chi connectivity index (χ3n) is 3.94. The zero-order valence-corrected chi connectivity index (χ0v) is 14.3. The van der Waals surface area contributed by atoms with Gasteiger partial charge in [0.15, 0.2) is 18.0 Å². The predicted molar refractivity (Wildman–Crippen MR) is 84.0 cm³/mol. The van der Waals surface area contributed by atoms with Gasteiger partial charge < -0.3 is 23.7 Å². The van der Waals surface area contributed by atoms with Crippen molar-refractivity contribution in [2.75, 3.05) is 13.2 Å². The molecule has 7 heteroatoms. The van der Waals surface area contributed by atoms with Crippen molar-refractivity contribution in [3.05, 3.63) is 25.3 Å². The summed E-state index contributed by atoms with van der Waals surface area (Å²) < 4.78 is 27.9. The van der Waals surface area contributed by atoms with E-state index in [9.17, 15) is 9.59 Å². The van der Waals surface area contributed by atoms with E-state index in [2.05, 4.69) is 13.2 Å². The summed E-state index contributed by atoms with van der Waals surface area (Å²) in [4.78, 5) is 24.2. The van der Waals surface area contributed by atoms with E-state index >= 15 is 0 Å². The number of carbonyl (C=O) groups excluding carboxylic acids is 2. The second kappa shape index (κ2) is 7.04. The molecule has 2 rings (SSSR count). The smallest absolute Gasteiger partial charge is 0.343 e. The van der Waals surface area contributed by atoms with Gasteiger partial charge in [-0.25, -0.2) is 4.79 Å². The predicted octanol–water partition coefficient (Wildman–Crippen LogP) is 1.51. The number of carbonyl (C=O) groups is 2. The van der Waals surface area contributed by atoms with E-state index in [1.165, 1.54) is 19.1 Å². The lowest BCUT2D eigenvalue weighted by molar-refractivity contribution is -0.177. The third-order valence-corrected chi connectivity index (χ3v) is 3.94. The Bertz CT molecular complexity index is 527. The van der Waals surface area contributed by atoms with Crippen LogP contribution < -0.4 is 0 Å². The van der Waals surface area contributed by atoms with Crippen molar-refractivity contribution < 1.29 is 33.3 Å². The molecule has 0 bridgehead atoms. The molecule has 0 aliphatic carbocycles. The summed E-state index contributed by atoms with van der Waals surface area (Å²) in [6.07, 6.45) is 0.807. The minimum atomic E-state index is -1.47. The molecule has 2 saturated heterocycles. The van der Waals surface area contributed by atoms with Gasteiger partial charge in [0, 0.05) is 13.3 Å². The Morgan fingerprint density at radius 2 is 2.08 bits per heavy atom. The fraction of sp³-hybridized carbons (Fsp3) is 0.647. The first kappa shape index (κ1) is 18.6. The third kappa shape index (κ3) is 3.53. The Kier molecular flexibility index (Phi) is 5.47. The number of rotatable bonds is 7. The zero-order valence-electron chi connectivity index (χ0n) is 14.3. The second-order valence-electron chi connectivity index (χ2n) is 6.25. The Morgan fingerprint density at radius 1 is 1.38 bits per heavy atom. The molecule has 0 saturated carbocycles. The summed E-state index contributed by atoms with van der Waals surface area (Å²) >= 11 is 0. The largest absolute Gasteiger partial charge is 0.455 e. The number of ether oxygens (including phenoxy) is 5.